The molecule has 3 unspecified atom stereocenters. The van der Waals surface area contributed by atoms with E-state index in [0.29, 0.717) is 6.61 Å². The summed E-state index contributed by atoms with van der Waals surface area (Å²) in [4.78, 5) is 13.4. The van der Waals surface area contributed by atoms with Gasteiger partial charge in [-0.2, -0.15) is 0 Å². The Labute approximate surface area is 90.2 Å². The van der Waals surface area contributed by atoms with Crippen LogP contribution in [0.1, 0.15) is 32.1 Å². The summed E-state index contributed by atoms with van der Waals surface area (Å²) in [7, 11) is 1.93. The fraction of sp³-hybridized carbons (Fsp3) is 0.909. The summed E-state index contributed by atoms with van der Waals surface area (Å²) in [6, 6.07) is -0.00264. The Morgan fingerprint density at radius 1 is 1.33 bits per heavy atom. The fourth-order valence-corrected chi connectivity index (χ4v) is 2.65. The number of likely N-dealkylation sites (N-methyl/N-ethyl adjacent to an activating group) is 1. The number of ether oxygens (including phenoxy) is 1. The molecule has 3 atom stereocenters. The molecule has 0 bridgehead atoms. The summed E-state index contributed by atoms with van der Waals surface area (Å²) in [5.74, 6) is -0.129. The van der Waals surface area contributed by atoms with E-state index in [-0.39, 0.29) is 24.2 Å². The van der Waals surface area contributed by atoms with E-state index < -0.39 is 0 Å². The van der Waals surface area contributed by atoms with E-state index in [0.717, 1.165) is 32.1 Å². The Balaban J connectivity index is 1.99. The first-order valence-electron chi connectivity index (χ1n) is 5.77. The van der Waals surface area contributed by atoms with Crippen LogP contribution in [0.15, 0.2) is 0 Å². The molecule has 1 N–H and O–H groups in total. The molecule has 2 aliphatic rings. The van der Waals surface area contributed by atoms with Crippen LogP contribution in [-0.2, 0) is 9.53 Å². The summed E-state index contributed by atoms with van der Waals surface area (Å²) in [5, 5.41) is 9.89. The van der Waals surface area contributed by atoms with Gasteiger partial charge < -0.3 is 9.84 Å². The second kappa shape index (κ2) is 4.49. The smallest absolute Gasteiger partial charge is 0.323 e. The van der Waals surface area contributed by atoms with Gasteiger partial charge in [-0.25, -0.2) is 0 Å². The van der Waals surface area contributed by atoms with Crippen LogP contribution in [-0.4, -0.2) is 47.8 Å². The minimum absolute atomic E-state index is 0.129. The van der Waals surface area contributed by atoms with Crippen molar-refractivity contribution in [1.82, 2.24) is 4.90 Å². The maximum Gasteiger partial charge on any atom is 0.323 e. The zero-order valence-corrected chi connectivity index (χ0v) is 9.19. The first kappa shape index (κ1) is 10.9. The lowest BCUT2D eigenvalue weighted by atomic mass is 9.90. The van der Waals surface area contributed by atoms with Gasteiger partial charge in [0.25, 0.3) is 0 Å². The minimum Gasteiger partial charge on any atom is -0.464 e. The molecule has 0 spiro atoms. The van der Waals surface area contributed by atoms with Gasteiger partial charge in [-0.05, 0) is 19.9 Å². The lowest BCUT2D eigenvalue weighted by Gasteiger charge is -2.37. The zero-order chi connectivity index (χ0) is 10.8. The standard InChI is InChI=1S/C11H19NO3/c1-12(9-6-7-15-11(9)14)8-4-2-3-5-10(8)13/h8-10,13H,2-7H2,1H3. The molecule has 86 valence electrons. The van der Waals surface area contributed by atoms with Crippen LogP contribution in [0.4, 0.5) is 0 Å². The number of carbonyl (C=O) groups is 1. The molecule has 2 rings (SSSR count). The normalized spacial score (nSPS) is 37.0. The largest absolute Gasteiger partial charge is 0.464 e. The first-order valence-corrected chi connectivity index (χ1v) is 5.77. The van der Waals surface area contributed by atoms with Crippen LogP contribution in [0, 0.1) is 0 Å². The second-order valence-electron chi connectivity index (χ2n) is 4.56. The predicted octanol–water partition coefficient (Wildman–Crippen LogP) is 0.537. The number of hydrogen-bond acceptors (Lipinski definition) is 4. The van der Waals surface area contributed by atoms with Crippen LogP contribution in [0.3, 0.4) is 0 Å². The van der Waals surface area contributed by atoms with E-state index in [1.807, 2.05) is 11.9 Å². The third-order valence-electron chi connectivity index (χ3n) is 3.62. The van der Waals surface area contributed by atoms with Crippen molar-refractivity contribution in [2.75, 3.05) is 13.7 Å². The number of esters is 1. The summed E-state index contributed by atoms with van der Waals surface area (Å²) in [6.45, 7) is 0.524. The van der Waals surface area contributed by atoms with Gasteiger partial charge in [0.05, 0.1) is 12.7 Å². The monoisotopic (exact) mass is 213 g/mol. The molecule has 4 nitrogen and oxygen atoms in total. The molecule has 1 saturated carbocycles. The van der Waals surface area contributed by atoms with Crippen molar-refractivity contribution in [3.05, 3.63) is 0 Å². The van der Waals surface area contributed by atoms with Crippen LogP contribution < -0.4 is 0 Å². The van der Waals surface area contributed by atoms with Crippen molar-refractivity contribution in [2.45, 2.75) is 50.3 Å². The van der Waals surface area contributed by atoms with E-state index in [1.165, 1.54) is 0 Å². The zero-order valence-electron chi connectivity index (χ0n) is 9.19. The SMILES string of the molecule is CN(C1CCOC1=O)C1CCCCC1O. The highest BCUT2D eigenvalue weighted by molar-refractivity contribution is 5.77. The molecule has 0 aromatic rings. The van der Waals surface area contributed by atoms with Gasteiger partial charge >= 0.3 is 5.97 Å². The quantitative estimate of drug-likeness (QED) is 0.680. The molecule has 2 fully saturated rings. The van der Waals surface area contributed by atoms with Crippen molar-refractivity contribution in [3.63, 3.8) is 0 Å². The molecule has 0 radical (unpaired) electrons. The fourth-order valence-electron chi connectivity index (χ4n) is 2.65. The van der Waals surface area contributed by atoms with Crippen molar-refractivity contribution >= 4 is 5.97 Å². The second-order valence-corrected chi connectivity index (χ2v) is 4.56. The number of cyclic esters (lactones) is 1. The van der Waals surface area contributed by atoms with Crippen molar-refractivity contribution in [3.8, 4) is 0 Å². The Morgan fingerprint density at radius 3 is 2.67 bits per heavy atom. The third kappa shape index (κ3) is 2.16. The van der Waals surface area contributed by atoms with Crippen LogP contribution in [0.2, 0.25) is 0 Å². The Bertz CT molecular complexity index is 244. The Kier molecular flexibility index (Phi) is 3.26. The average Bonchev–Trinajstić information content (AvgIpc) is 2.64. The molecule has 15 heavy (non-hydrogen) atoms. The van der Waals surface area contributed by atoms with Crippen LogP contribution in [0.5, 0.6) is 0 Å². The molecule has 1 aliphatic carbocycles. The topological polar surface area (TPSA) is 49.8 Å². The highest BCUT2D eigenvalue weighted by Gasteiger charge is 2.37. The number of rotatable bonds is 2. The number of nitrogens with zero attached hydrogens (tertiary/aromatic N) is 1. The molecule has 1 heterocycles. The highest BCUT2D eigenvalue weighted by Crippen LogP contribution is 2.26. The maximum absolute atomic E-state index is 11.4. The van der Waals surface area contributed by atoms with Crippen LogP contribution in [0.25, 0.3) is 0 Å². The molecule has 1 saturated heterocycles. The predicted molar refractivity (Wildman–Crippen MR) is 55.4 cm³/mol. The van der Waals surface area contributed by atoms with Crippen LogP contribution >= 0.6 is 0 Å². The van der Waals surface area contributed by atoms with Crippen molar-refractivity contribution in [2.24, 2.45) is 0 Å². The molecule has 0 amide bonds. The molecule has 0 aromatic carbocycles. The lowest BCUT2D eigenvalue weighted by Crippen LogP contribution is -2.49. The first-order chi connectivity index (χ1) is 7.20. The lowest BCUT2D eigenvalue weighted by molar-refractivity contribution is -0.143. The Hall–Kier alpha value is -0.610. The van der Waals surface area contributed by atoms with Gasteiger partial charge in [-0.3, -0.25) is 9.69 Å². The van der Waals surface area contributed by atoms with Gasteiger partial charge in [-0.15, -0.1) is 0 Å². The molecule has 0 aromatic heterocycles. The van der Waals surface area contributed by atoms with E-state index in [9.17, 15) is 9.90 Å². The van der Waals surface area contributed by atoms with Gasteiger partial charge in [0.15, 0.2) is 0 Å². The van der Waals surface area contributed by atoms with E-state index in [2.05, 4.69) is 0 Å². The van der Waals surface area contributed by atoms with E-state index >= 15 is 0 Å². The number of aliphatic hydroxyl groups excluding tert-OH is 1. The summed E-state index contributed by atoms with van der Waals surface area (Å²) < 4.78 is 4.95. The molecule has 1 aliphatic heterocycles. The number of hydrogen-bond donors (Lipinski definition) is 1. The summed E-state index contributed by atoms with van der Waals surface area (Å²) >= 11 is 0. The van der Waals surface area contributed by atoms with Crippen molar-refractivity contribution < 1.29 is 14.6 Å². The summed E-state index contributed by atoms with van der Waals surface area (Å²) in [6.07, 6.45) is 4.57. The highest BCUT2D eigenvalue weighted by atomic mass is 16.5. The van der Waals surface area contributed by atoms with Crippen molar-refractivity contribution in [1.29, 1.82) is 0 Å². The third-order valence-corrected chi connectivity index (χ3v) is 3.62. The van der Waals surface area contributed by atoms with E-state index in [1.54, 1.807) is 0 Å². The van der Waals surface area contributed by atoms with E-state index in [4.69, 9.17) is 4.74 Å². The van der Waals surface area contributed by atoms with Gasteiger partial charge in [-0.1, -0.05) is 12.8 Å². The maximum atomic E-state index is 11.4. The van der Waals surface area contributed by atoms with Gasteiger partial charge in [0.2, 0.25) is 0 Å². The molecular formula is C11H19NO3. The Morgan fingerprint density at radius 2 is 2.07 bits per heavy atom. The number of carbonyl (C=O) groups excluding carboxylic acids is 1. The van der Waals surface area contributed by atoms with Gasteiger partial charge in [0, 0.05) is 12.5 Å². The van der Waals surface area contributed by atoms with Gasteiger partial charge in [0.1, 0.15) is 6.04 Å². The molecule has 4 heteroatoms. The average molecular weight is 213 g/mol. The summed E-state index contributed by atoms with van der Waals surface area (Å²) in [5.41, 5.74) is 0. The molecular weight excluding hydrogens is 194 g/mol. The minimum atomic E-state index is -0.280. The number of aliphatic hydroxyl groups is 1.